The molecule has 1 aliphatic carbocycles. The van der Waals surface area contributed by atoms with Gasteiger partial charge in [-0.05, 0) is 37.7 Å². The Morgan fingerprint density at radius 1 is 1.40 bits per heavy atom. The molecule has 0 amide bonds. The van der Waals surface area contributed by atoms with E-state index in [9.17, 15) is 9.90 Å². The van der Waals surface area contributed by atoms with Crippen molar-refractivity contribution < 1.29 is 9.84 Å². The number of methoxy groups -OCH3 is 1. The molecule has 138 valence electrons. The first-order valence-electron chi connectivity index (χ1n) is 9.05. The van der Waals surface area contributed by atoms with Crippen molar-refractivity contribution in [1.29, 1.82) is 0 Å². The average molecular weight is 365 g/mol. The van der Waals surface area contributed by atoms with Gasteiger partial charge in [0.1, 0.15) is 10.7 Å². The molecule has 0 unspecified atom stereocenters. The number of aryl methyl sites for hydroxylation is 2. The zero-order valence-corrected chi connectivity index (χ0v) is 15.8. The van der Waals surface area contributed by atoms with E-state index in [0.717, 1.165) is 29.5 Å². The summed E-state index contributed by atoms with van der Waals surface area (Å²) in [5.74, 6) is 0.663. The normalized spacial score (nSPS) is 15.7. The van der Waals surface area contributed by atoms with Crippen molar-refractivity contribution in [1.82, 2.24) is 14.9 Å². The van der Waals surface area contributed by atoms with Gasteiger partial charge in [-0.3, -0.25) is 9.69 Å². The van der Waals surface area contributed by atoms with Gasteiger partial charge >= 0.3 is 0 Å². The predicted octanol–water partition coefficient (Wildman–Crippen LogP) is 2.08. The molecule has 3 rings (SSSR count). The number of aliphatic hydroxyl groups excluding tert-OH is 1. The van der Waals surface area contributed by atoms with Gasteiger partial charge in [0, 0.05) is 25.1 Å². The molecular formula is C18H27N3O3S. The first kappa shape index (κ1) is 18.5. The Morgan fingerprint density at radius 3 is 2.96 bits per heavy atom. The summed E-state index contributed by atoms with van der Waals surface area (Å²) in [6, 6.07) is 0. The van der Waals surface area contributed by atoms with Gasteiger partial charge in [0.15, 0.2) is 0 Å². The summed E-state index contributed by atoms with van der Waals surface area (Å²) >= 11 is 1.67. The summed E-state index contributed by atoms with van der Waals surface area (Å²) < 4.78 is 5.16. The maximum Gasteiger partial charge on any atom is 0.259 e. The smallest absolute Gasteiger partial charge is 0.259 e. The van der Waals surface area contributed by atoms with E-state index in [1.807, 2.05) is 6.92 Å². The number of hydrogen-bond donors (Lipinski definition) is 2. The van der Waals surface area contributed by atoms with Crippen LogP contribution in [0.25, 0.3) is 10.2 Å². The largest absolute Gasteiger partial charge is 0.392 e. The summed E-state index contributed by atoms with van der Waals surface area (Å²) in [6.07, 6.45) is 4.71. The Balaban J connectivity index is 1.85. The van der Waals surface area contributed by atoms with Gasteiger partial charge in [-0.15, -0.1) is 11.3 Å². The van der Waals surface area contributed by atoms with E-state index in [-0.39, 0.29) is 11.7 Å². The number of fused-ring (bicyclic) bond motifs is 3. The maximum atomic E-state index is 12.6. The lowest BCUT2D eigenvalue weighted by Gasteiger charge is -2.23. The van der Waals surface area contributed by atoms with E-state index in [0.29, 0.717) is 38.5 Å². The van der Waals surface area contributed by atoms with E-state index >= 15 is 0 Å². The molecule has 2 aromatic rings. The summed E-state index contributed by atoms with van der Waals surface area (Å²) in [7, 11) is 1.66. The summed E-state index contributed by atoms with van der Waals surface area (Å²) in [6.45, 7) is 4.28. The minimum atomic E-state index is -0.388. The molecule has 0 spiro atoms. The van der Waals surface area contributed by atoms with Crippen molar-refractivity contribution in [2.24, 2.45) is 0 Å². The number of hydrogen-bond acceptors (Lipinski definition) is 6. The predicted molar refractivity (Wildman–Crippen MR) is 100 cm³/mol. The molecule has 0 saturated carbocycles. The number of H-pyrrole nitrogens is 1. The molecule has 0 aromatic carbocycles. The van der Waals surface area contributed by atoms with Crippen LogP contribution in [-0.4, -0.2) is 52.9 Å². The number of aliphatic hydroxyl groups is 1. The molecule has 7 heteroatoms. The van der Waals surface area contributed by atoms with E-state index in [4.69, 9.17) is 9.72 Å². The van der Waals surface area contributed by atoms with Crippen LogP contribution < -0.4 is 5.56 Å². The van der Waals surface area contributed by atoms with Crippen LogP contribution in [0.15, 0.2) is 4.79 Å². The van der Waals surface area contributed by atoms with Crippen LogP contribution in [-0.2, 0) is 24.1 Å². The number of nitrogens with one attached hydrogen (secondary N) is 1. The fourth-order valence-electron chi connectivity index (χ4n) is 3.38. The minimum Gasteiger partial charge on any atom is -0.392 e. The van der Waals surface area contributed by atoms with E-state index in [1.54, 1.807) is 18.4 Å². The third-order valence-corrected chi connectivity index (χ3v) is 5.99. The Bertz CT molecular complexity index is 771. The van der Waals surface area contributed by atoms with Gasteiger partial charge in [-0.1, -0.05) is 6.92 Å². The highest BCUT2D eigenvalue weighted by Crippen LogP contribution is 2.33. The average Bonchev–Trinajstić information content (AvgIpc) is 2.98. The number of aromatic amines is 1. The molecule has 25 heavy (non-hydrogen) atoms. The van der Waals surface area contributed by atoms with E-state index in [2.05, 4.69) is 9.88 Å². The third-order valence-electron chi connectivity index (χ3n) is 4.80. The summed E-state index contributed by atoms with van der Waals surface area (Å²) in [5.41, 5.74) is 1.19. The highest BCUT2D eigenvalue weighted by Gasteiger charge is 2.20. The molecule has 0 radical (unpaired) electrons. The molecule has 0 aliphatic heterocycles. The van der Waals surface area contributed by atoms with Gasteiger partial charge in [0.25, 0.3) is 5.56 Å². The summed E-state index contributed by atoms with van der Waals surface area (Å²) in [4.78, 5) is 24.6. The van der Waals surface area contributed by atoms with E-state index < -0.39 is 0 Å². The highest BCUT2D eigenvalue weighted by atomic mass is 32.1. The Morgan fingerprint density at radius 2 is 2.20 bits per heavy atom. The lowest BCUT2D eigenvalue weighted by molar-refractivity contribution is 0.0817. The Hall–Kier alpha value is -1.28. The van der Waals surface area contributed by atoms with Crippen molar-refractivity contribution in [3.05, 3.63) is 26.6 Å². The highest BCUT2D eigenvalue weighted by molar-refractivity contribution is 7.18. The minimum absolute atomic E-state index is 0.0258. The van der Waals surface area contributed by atoms with Crippen molar-refractivity contribution in [3.8, 4) is 0 Å². The van der Waals surface area contributed by atoms with Crippen LogP contribution in [0.1, 0.15) is 42.5 Å². The standard InChI is InChI=1S/C18H27N3O3S/c1-3-12(22)10-21(8-9-24-2)11-15-19-17(23)16-13-6-4-5-7-14(13)25-18(16)20-15/h12,22H,3-11H2,1-2H3,(H,19,20,23)/t12-/m0/s1. The van der Waals surface area contributed by atoms with Gasteiger partial charge in [-0.25, -0.2) is 4.98 Å². The van der Waals surface area contributed by atoms with Crippen LogP contribution in [0.5, 0.6) is 0 Å². The van der Waals surface area contributed by atoms with Gasteiger partial charge in [-0.2, -0.15) is 0 Å². The molecule has 1 atom stereocenters. The number of aromatic nitrogens is 2. The lowest BCUT2D eigenvalue weighted by Crippen LogP contribution is -2.35. The maximum absolute atomic E-state index is 12.6. The molecule has 2 heterocycles. The van der Waals surface area contributed by atoms with Crippen molar-refractivity contribution >= 4 is 21.6 Å². The fraction of sp³-hybridized carbons (Fsp3) is 0.667. The second-order valence-corrected chi connectivity index (χ2v) is 7.78. The second kappa shape index (κ2) is 8.40. The molecule has 1 aliphatic rings. The first-order chi connectivity index (χ1) is 12.1. The van der Waals surface area contributed by atoms with Crippen LogP contribution in [0.3, 0.4) is 0 Å². The quantitative estimate of drug-likeness (QED) is 0.749. The van der Waals surface area contributed by atoms with Gasteiger partial charge in [0.05, 0.1) is 24.6 Å². The van der Waals surface area contributed by atoms with Crippen LogP contribution >= 0.6 is 11.3 Å². The number of nitrogens with zero attached hydrogens (tertiary/aromatic N) is 2. The van der Waals surface area contributed by atoms with Crippen molar-refractivity contribution in [2.75, 3.05) is 26.8 Å². The molecule has 6 nitrogen and oxygen atoms in total. The first-order valence-corrected chi connectivity index (χ1v) is 9.86. The molecule has 0 saturated heterocycles. The lowest BCUT2D eigenvalue weighted by atomic mass is 9.97. The topological polar surface area (TPSA) is 78.5 Å². The Labute approximate surface area is 151 Å². The monoisotopic (exact) mass is 365 g/mol. The number of thiophene rings is 1. The SMILES string of the molecule is CC[C@H](O)CN(CCOC)Cc1nc2sc3c(c2c(=O)[nH]1)CCCC3. The molecule has 0 bridgehead atoms. The second-order valence-electron chi connectivity index (χ2n) is 6.69. The molecular weight excluding hydrogens is 338 g/mol. The van der Waals surface area contributed by atoms with Crippen molar-refractivity contribution in [3.63, 3.8) is 0 Å². The Kier molecular flexibility index (Phi) is 6.22. The molecule has 0 fully saturated rings. The van der Waals surface area contributed by atoms with E-state index in [1.165, 1.54) is 16.9 Å². The number of ether oxygens (including phenoxy) is 1. The third kappa shape index (κ3) is 4.28. The van der Waals surface area contributed by atoms with Crippen LogP contribution in [0.2, 0.25) is 0 Å². The molecule has 2 N–H and O–H groups in total. The molecule has 2 aromatic heterocycles. The zero-order chi connectivity index (χ0) is 17.8. The number of rotatable bonds is 8. The van der Waals surface area contributed by atoms with Crippen LogP contribution in [0.4, 0.5) is 0 Å². The zero-order valence-electron chi connectivity index (χ0n) is 15.0. The van der Waals surface area contributed by atoms with Crippen molar-refractivity contribution in [2.45, 2.75) is 51.7 Å². The van der Waals surface area contributed by atoms with Crippen LogP contribution in [0, 0.1) is 0 Å². The van der Waals surface area contributed by atoms with Gasteiger partial charge in [0.2, 0.25) is 0 Å². The fourth-order valence-corrected chi connectivity index (χ4v) is 4.66. The van der Waals surface area contributed by atoms with Gasteiger partial charge < -0.3 is 14.8 Å². The summed E-state index contributed by atoms with van der Waals surface area (Å²) in [5, 5.41) is 10.8.